The summed E-state index contributed by atoms with van der Waals surface area (Å²) in [5.74, 6) is 2.27. The van der Waals surface area contributed by atoms with Gasteiger partial charge < -0.3 is 9.26 Å². The molecule has 3 aromatic carbocycles. The second-order valence-electron chi connectivity index (χ2n) is 8.41. The first-order valence-electron chi connectivity index (χ1n) is 11.2. The molecule has 4 aromatic rings. The molecule has 0 amide bonds. The number of ether oxygens (including phenoxy) is 1. The number of hydrogen-bond donors (Lipinski definition) is 0. The van der Waals surface area contributed by atoms with E-state index in [1.54, 1.807) is 12.1 Å². The molecule has 1 unspecified atom stereocenters. The molecule has 0 bridgehead atoms. The van der Waals surface area contributed by atoms with Crippen LogP contribution in [0.3, 0.4) is 0 Å². The van der Waals surface area contributed by atoms with Gasteiger partial charge in [0.05, 0.1) is 10.8 Å². The zero-order chi connectivity index (χ0) is 23.5. The van der Waals surface area contributed by atoms with Crippen LogP contribution in [0.1, 0.15) is 30.2 Å². The Hall–Kier alpha value is -3.49. The molecule has 2 heterocycles. The molecule has 0 aliphatic carbocycles. The summed E-state index contributed by atoms with van der Waals surface area (Å²) < 4.78 is 39.1. The second kappa shape index (κ2) is 9.40. The minimum Gasteiger partial charge on any atom is -0.457 e. The molecule has 0 radical (unpaired) electrons. The molecule has 1 atom stereocenters. The molecule has 1 saturated heterocycles. The zero-order valence-corrected chi connectivity index (χ0v) is 19.6. The number of rotatable bonds is 6. The molecule has 8 heteroatoms. The standard InChI is InChI=1S/C26H25N3O4S/c1-19-9-15-24(16-10-19)34(30,31)29-17-5-6-21(18-29)26-27-25(28-33-26)20-11-13-23(14-12-20)32-22-7-3-2-4-8-22/h2-4,7-16,21H,5-6,17-18H2,1H3. The minimum atomic E-state index is -3.57. The van der Waals surface area contributed by atoms with Crippen molar-refractivity contribution < 1.29 is 17.7 Å². The first-order valence-corrected chi connectivity index (χ1v) is 12.7. The summed E-state index contributed by atoms with van der Waals surface area (Å²) in [5, 5.41) is 4.14. The van der Waals surface area contributed by atoms with Crippen LogP contribution in [0.4, 0.5) is 0 Å². The van der Waals surface area contributed by atoms with Crippen LogP contribution < -0.4 is 4.74 Å². The first-order chi connectivity index (χ1) is 16.5. The minimum absolute atomic E-state index is 0.143. The maximum atomic E-state index is 13.1. The smallest absolute Gasteiger partial charge is 0.243 e. The highest BCUT2D eigenvalue weighted by molar-refractivity contribution is 7.89. The Morgan fingerprint density at radius 1 is 0.941 bits per heavy atom. The third kappa shape index (κ3) is 4.73. The van der Waals surface area contributed by atoms with Crippen molar-refractivity contribution in [3.8, 4) is 22.9 Å². The molecule has 0 saturated carbocycles. The van der Waals surface area contributed by atoms with Crippen LogP contribution in [0.2, 0.25) is 0 Å². The lowest BCUT2D eigenvalue weighted by Gasteiger charge is -2.30. The van der Waals surface area contributed by atoms with E-state index in [2.05, 4.69) is 10.1 Å². The zero-order valence-electron chi connectivity index (χ0n) is 18.8. The predicted molar refractivity (Wildman–Crippen MR) is 128 cm³/mol. The Morgan fingerprint density at radius 2 is 1.65 bits per heavy atom. The topological polar surface area (TPSA) is 85.5 Å². The van der Waals surface area contributed by atoms with Gasteiger partial charge in [-0.2, -0.15) is 9.29 Å². The van der Waals surface area contributed by atoms with Gasteiger partial charge in [0.2, 0.25) is 21.7 Å². The van der Waals surface area contributed by atoms with Gasteiger partial charge in [0.15, 0.2) is 0 Å². The van der Waals surface area contributed by atoms with E-state index in [4.69, 9.17) is 9.26 Å². The normalized spacial score (nSPS) is 16.9. The van der Waals surface area contributed by atoms with Crippen molar-refractivity contribution in [2.45, 2.75) is 30.6 Å². The van der Waals surface area contributed by atoms with Crippen LogP contribution in [0.15, 0.2) is 88.3 Å². The summed E-state index contributed by atoms with van der Waals surface area (Å²) in [7, 11) is -3.57. The molecule has 5 rings (SSSR count). The molecule has 0 N–H and O–H groups in total. The van der Waals surface area contributed by atoms with E-state index in [9.17, 15) is 8.42 Å². The van der Waals surface area contributed by atoms with E-state index >= 15 is 0 Å². The summed E-state index contributed by atoms with van der Waals surface area (Å²) in [6.45, 7) is 2.74. The fourth-order valence-corrected chi connectivity index (χ4v) is 5.56. The number of nitrogens with zero attached hydrogens (tertiary/aromatic N) is 3. The molecule has 7 nitrogen and oxygen atoms in total. The highest BCUT2D eigenvalue weighted by Crippen LogP contribution is 2.31. The van der Waals surface area contributed by atoms with Crippen LogP contribution >= 0.6 is 0 Å². The summed E-state index contributed by atoms with van der Waals surface area (Å²) in [4.78, 5) is 4.89. The molecular weight excluding hydrogens is 450 g/mol. The Bertz CT molecular complexity index is 1350. The maximum Gasteiger partial charge on any atom is 0.243 e. The SMILES string of the molecule is Cc1ccc(S(=O)(=O)N2CCCC(c3nc(-c4ccc(Oc5ccccc5)cc4)no3)C2)cc1. The number of hydrogen-bond acceptors (Lipinski definition) is 6. The molecule has 174 valence electrons. The van der Waals surface area contributed by atoms with E-state index in [0.29, 0.717) is 35.4 Å². The number of aromatic nitrogens is 2. The predicted octanol–water partition coefficient (Wildman–Crippen LogP) is 5.41. The monoisotopic (exact) mass is 475 g/mol. The van der Waals surface area contributed by atoms with E-state index < -0.39 is 10.0 Å². The quantitative estimate of drug-likeness (QED) is 0.371. The van der Waals surface area contributed by atoms with Gasteiger partial charge in [-0.15, -0.1) is 0 Å². The van der Waals surface area contributed by atoms with Crippen molar-refractivity contribution in [2.24, 2.45) is 0 Å². The fraction of sp³-hybridized carbons (Fsp3) is 0.231. The van der Waals surface area contributed by atoms with Crippen LogP contribution in [-0.4, -0.2) is 36.0 Å². The Balaban J connectivity index is 1.29. The third-order valence-corrected chi connectivity index (χ3v) is 7.80. The van der Waals surface area contributed by atoms with E-state index in [1.807, 2.05) is 73.7 Å². The van der Waals surface area contributed by atoms with Crippen LogP contribution in [0.5, 0.6) is 11.5 Å². The van der Waals surface area contributed by atoms with Crippen molar-refractivity contribution in [3.05, 3.63) is 90.3 Å². The van der Waals surface area contributed by atoms with Gasteiger partial charge in [-0.1, -0.05) is 41.1 Å². The number of aryl methyl sites for hydroxylation is 1. The number of benzene rings is 3. The van der Waals surface area contributed by atoms with Crippen molar-refractivity contribution in [1.29, 1.82) is 0 Å². The second-order valence-corrected chi connectivity index (χ2v) is 10.3. The number of sulfonamides is 1. The lowest BCUT2D eigenvalue weighted by Crippen LogP contribution is -2.39. The van der Waals surface area contributed by atoms with Gasteiger partial charge in [-0.25, -0.2) is 8.42 Å². The average molecular weight is 476 g/mol. The summed E-state index contributed by atoms with van der Waals surface area (Å²) in [6.07, 6.45) is 1.53. The Labute approximate surface area is 199 Å². The van der Waals surface area contributed by atoms with Gasteiger partial charge in [-0.3, -0.25) is 0 Å². The van der Waals surface area contributed by atoms with Gasteiger partial charge in [0, 0.05) is 18.7 Å². The molecule has 1 fully saturated rings. The number of piperidine rings is 1. The molecular formula is C26H25N3O4S. The van der Waals surface area contributed by atoms with Crippen molar-refractivity contribution in [3.63, 3.8) is 0 Å². The lowest BCUT2D eigenvalue weighted by molar-refractivity contribution is 0.265. The van der Waals surface area contributed by atoms with Crippen molar-refractivity contribution >= 4 is 10.0 Å². The summed E-state index contributed by atoms with van der Waals surface area (Å²) in [5.41, 5.74) is 1.82. The van der Waals surface area contributed by atoms with Crippen LogP contribution in [0.25, 0.3) is 11.4 Å². The van der Waals surface area contributed by atoms with Crippen molar-refractivity contribution in [2.75, 3.05) is 13.1 Å². The van der Waals surface area contributed by atoms with Gasteiger partial charge >= 0.3 is 0 Å². The van der Waals surface area contributed by atoms with Gasteiger partial charge in [-0.05, 0) is 68.3 Å². The molecule has 34 heavy (non-hydrogen) atoms. The van der Waals surface area contributed by atoms with Gasteiger partial charge in [0.1, 0.15) is 11.5 Å². The average Bonchev–Trinajstić information content (AvgIpc) is 3.36. The fourth-order valence-electron chi connectivity index (χ4n) is 4.04. The Morgan fingerprint density at radius 3 is 2.38 bits per heavy atom. The van der Waals surface area contributed by atoms with E-state index in [1.165, 1.54) is 4.31 Å². The maximum absolute atomic E-state index is 13.1. The molecule has 1 aliphatic rings. The molecule has 1 aromatic heterocycles. The third-order valence-electron chi connectivity index (χ3n) is 5.93. The molecule has 1 aliphatic heterocycles. The first kappa shape index (κ1) is 22.3. The van der Waals surface area contributed by atoms with Gasteiger partial charge in [0.25, 0.3) is 0 Å². The largest absolute Gasteiger partial charge is 0.457 e. The van der Waals surface area contributed by atoms with Crippen LogP contribution in [-0.2, 0) is 10.0 Å². The Kier molecular flexibility index (Phi) is 6.17. The van der Waals surface area contributed by atoms with E-state index in [-0.39, 0.29) is 5.92 Å². The number of para-hydroxylation sites is 1. The lowest BCUT2D eigenvalue weighted by atomic mass is 10.00. The summed E-state index contributed by atoms with van der Waals surface area (Å²) in [6, 6.07) is 24.0. The summed E-state index contributed by atoms with van der Waals surface area (Å²) >= 11 is 0. The highest BCUT2D eigenvalue weighted by Gasteiger charge is 2.33. The highest BCUT2D eigenvalue weighted by atomic mass is 32.2. The molecule has 0 spiro atoms. The van der Waals surface area contributed by atoms with E-state index in [0.717, 1.165) is 29.7 Å². The van der Waals surface area contributed by atoms with Crippen molar-refractivity contribution in [1.82, 2.24) is 14.4 Å². The van der Waals surface area contributed by atoms with Crippen LogP contribution in [0, 0.1) is 6.92 Å².